The molecule has 4 aromatic rings. The normalized spacial score (nSPS) is 11.3. The van der Waals surface area contributed by atoms with Crippen LogP contribution in [0.5, 0.6) is 17.2 Å². The van der Waals surface area contributed by atoms with Crippen LogP contribution in [0.2, 0.25) is 0 Å². The van der Waals surface area contributed by atoms with Crippen LogP contribution in [0.4, 0.5) is 5.69 Å². The van der Waals surface area contributed by atoms with E-state index in [0.717, 1.165) is 9.87 Å². The minimum Gasteiger partial charge on any atom is -0.494 e. The molecule has 224 valence electrons. The Kier molecular flexibility index (Phi) is 10.8. The molecule has 0 spiro atoms. The molecular weight excluding hydrogens is 634 g/mol. The van der Waals surface area contributed by atoms with Crippen molar-refractivity contribution in [2.45, 2.75) is 25.3 Å². The smallest absolute Gasteiger partial charge is 0.264 e. The fourth-order valence-electron chi connectivity index (χ4n) is 4.05. The minimum absolute atomic E-state index is 0.0572. The Labute approximate surface area is 260 Å². The van der Waals surface area contributed by atoms with Crippen molar-refractivity contribution in [3.63, 3.8) is 0 Å². The predicted octanol–water partition coefficient (Wildman–Crippen LogP) is 6.09. The predicted molar refractivity (Wildman–Crippen MR) is 171 cm³/mol. The molecule has 9 nitrogen and oxygen atoms in total. The van der Waals surface area contributed by atoms with Crippen LogP contribution in [0.25, 0.3) is 0 Å². The van der Waals surface area contributed by atoms with Gasteiger partial charge in [0.25, 0.3) is 15.9 Å². The van der Waals surface area contributed by atoms with Crippen molar-refractivity contribution in [2.75, 3.05) is 24.6 Å². The molecule has 0 bridgehead atoms. The molecule has 0 atom stereocenters. The van der Waals surface area contributed by atoms with Gasteiger partial charge in [0, 0.05) is 0 Å². The van der Waals surface area contributed by atoms with E-state index in [1.165, 1.54) is 31.0 Å². The van der Waals surface area contributed by atoms with E-state index in [4.69, 9.17) is 14.2 Å². The molecule has 0 aliphatic rings. The fourth-order valence-corrected chi connectivity index (χ4v) is 6.07. The van der Waals surface area contributed by atoms with E-state index < -0.39 is 22.5 Å². The van der Waals surface area contributed by atoms with Gasteiger partial charge in [-0.1, -0.05) is 48.0 Å². The Morgan fingerprint density at radius 3 is 2.33 bits per heavy atom. The number of methoxy groups -OCH3 is 1. The first-order chi connectivity index (χ1) is 20.7. The van der Waals surface area contributed by atoms with E-state index in [1.807, 2.05) is 38.1 Å². The Morgan fingerprint density at radius 2 is 1.67 bits per heavy atom. The summed E-state index contributed by atoms with van der Waals surface area (Å²) in [6.07, 6.45) is 1.43. The molecule has 1 amide bonds. The van der Waals surface area contributed by atoms with Gasteiger partial charge in [-0.15, -0.1) is 0 Å². The highest BCUT2D eigenvalue weighted by atomic mass is 79.9. The molecule has 0 heterocycles. The number of aryl methyl sites for hydroxylation is 1. The summed E-state index contributed by atoms with van der Waals surface area (Å²) in [5, 5.41) is 4.05. The van der Waals surface area contributed by atoms with Gasteiger partial charge in [-0.05, 0) is 89.4 Å². The van der Waals surface area contributed by atoms with Gasteiger partial charge >= 0.3 is 0 Å². The summed E-state index contributed by atoms with van der Waals surface area (Å²) in [5.41, 5.74) is 5.53. The number of carbonyl (C=O) groups is 1. The second-order valence-electron chi connectivity index (χ2n) is 9.35. The van der Waals surface area contributed by atoms with Crippen molar-refractivity contribution in [1.82, 2.24) is 5.43 Å². The summed E-state index contributed by atoms with van der Waals surface area (Å²) in [5.74, 6) is 0.963. The van der Waals surface area contributed by atoms with Gasteiger partial charge in [0.05, 0.1) is 35.0 Å². The van der Waals surface area contributed by atoms with Crippen molar-refractivity contribution in [1.29, 1.82) is 0 Å². The van der Waals surface area contributed by atoms with Gasteiger partial charge in [-0.3, -0.25) is 9.10 Å². The molecule has 0 saturated heterocycles. The number of benzene rings is 4. The van der Waals surface area contributed by atoms with Gasteiger partial charge in [-0.25, -0.2) is 13.8 Å². The maximum atomic E-state index is 13.5. The lowest BCUT2D eigenvalue weighted by molar-refractivity contribution is -0.119. The van der Waals surface area contributed by atoms with Crippen LogP contribution >= 0.6 is 15.9 Å². The minimum atomic E-state index is -4.06. The molecule has 0 aromatic heterocycles. The number of amides is 1. The van der Waals surface area contributed by atoms with Crippen LogP contribution in [-0.2, 0) is 21.4 Å². The first-order valence-corrected chi connectivity index (χ1v) is 15.6. The number of nitrogens with zero attached hydrogens (tertiary/aromatic N) is 2. The third-order valence-electron chi connectivity index (χ3n) is 6.21. The van der Waals surface area contributed by atoms with Gasteiger partial charge < -0.3 is 14.2 Å². The van der Waals surface area contributed by atoms with Crippen LogP contribution in [0.15, 0.2) is 105 Å². The highest BCUT2D eigenvalue weighted by Gasteiger charge is 2.27. The molecule has 4 aromatic carbocycles. The lowest BCUT2D eigenvalue weighted by atomic mass is 10.2. The Balaban J connectivity index is 1.48. The van der Waals surface area contributed by atoms with Gasteiger partial charge in [0.1, 0.15) is 18.9 Å². The summed E-state index contributed by atoms with van der Waals surface area (Å²) >= 11 is 3.53. The largest absolute Gasteiger partial charge is 0.494 e. The molecule has 0 aliphatic carbocycles. The topological polar surface area (TPSA) is 107 Å². The van der Waals surface area contributed by atoms with Gasteiger partial charge in [-0.2, -0.15) is 5.10 Å². The Hall–Kier alpha value is -4.35. The lowest BCUT2D eigenvalue weighted by Crippen LogP contribution is -2.39. The van der Waals surface area contributed by atoms with Gasteiger partial charge in [0.2, 0.25) is 0 Å². The number of anilines is 1. The van der Waals surface area contributed by atoms with E-state index in [0.29, 0.717) is 46.2 Å². The van der Waals surface area contributed by atoms with E-state index in [-0.39, 0.29) is 4.90 Å². The monoisotopic (exact) mass is 665 g/mol. The second-order valence-corrected chi connectivity index (χ2v) is 12.1. The number of hydrogen-bond donors (Lipinski definition) is 1. The van der Waals surface area contributed by atoms with E-state index in [9.17, 15) is 13.2 Å². The number of hydrogen-bond acceptors (Lipinski definition) is 7. The number of halogens is 1. The molecule has 0 saturated carbocycles. The first-order valence-electron chi connectivity index (χ1n) is 13.4. The zero-order valence-corrected chi connectivity index (χ0v) is 26.4. The van der Waals surface area contributed by atoms with E-state index in [2.05, 4.69) is 26.5 Å². The maximum Gasteiger partial charge on any atom is 0.264 e. The van der Waals surface area contributed by atoms with Crippen molar-refractivity contribution in [3.8, 4) is 17.2 Å². The van der Waals surface area contributed by atoms with Crippen LogP contribution in [0, 0.1) is 6.92 Å². The number of sulfonamides is 1. The van der Waals surface area contributed by atoms with Crippen LogP contribution < -0.4 is 23.9 Å². The third kappa shape index (κ3) is 8.36. The van der Waals surface area contributed by atoms with Crippen molar-refractivity contribution >= 4 is 43.8 Å². The number of carbonyl (C=O) groups excluding carboxylic acids is 1. The number of hydrazone groups is 1. The van der Waals surface area contributed by atoms with E-state index >= 15 is 0 Å². The molecule has 1 N–H and O–H groups in total. The summed E-state index contributed by atoms with van der Waals surface area (Å²) in [6, 6.07) is 26.0. The molecule has 0 radical (unpaired) electrons. The zero-order valence-electron chi connectivity index (χ0n) is 24.0. The van der Waals surface area contributed by atoms with Crippen LogP contribution in [0.3, 0.4) is 0 Å². The lowest BCUT2D eigenvalue weighted by Gasteiger charge is -2.24. The van der Waals surface area contributed by atoms with Crippen molar-refractivity contribution < 1.29 is 27.4 Å². The van der Waals surface area contributed by atoms with Crippen molar-refractivity contribution in [3.05, 3.63) is 112 Å². The van der Waals surface area contributed by atoms with Gasteiger partial charge in [0.15, 0.2) is 11.5 Å². The quantitative estimate of drug-likeness (QED) is 0.137. The molecule has 43 heavy (non-hydrogen) atoms. The summed E-state index contributed by atoms with van der Waals surface area (Å²) in [7, 11) is -2.52. The second kappa shape index (κ2) is 14.7. The molecule has 0 aliphatic heterocycles. The molecule has 4 rings (SSSR count). The summed E-state index contributed by atoms with van der Waals surface area (Å²) in [6.45, 7) is 4.21. The fraction of sp³-hybridized carbons (Fsp3) is 0.188. The van der Waals surface area contributed by atoms with E-state index in [1.54, 1.807) is 54.6 Å². The first kappa shape index (κ1) is 31.6. The maximum absolute atomic E-state index is 13.5. The number of nitrogens with one attached hydrogen (secondary N) is 1. The SMILES string of the molecule is CCOc1ccc(N(CC(=O)N/N=C/c2cc(Br)c(OCc3ccc(C)cc3)c(OC)c2)S(=O)(=O)c2ccccc2)cc1. The summed E-state index contributed by atoms with van der Waals surface area (Å²) < 4.78 is 45.7. The number of rotatable bonds is 13. The molecule has 0 fully saturated rings. The number of ether oxygens (including phenoxy) is 3. The van der Waals surface area contributed by atoms with Crippen LogP contribution in [-0.4, -0.2) is 40.8 Å². The third-order valence-corrected chi connectivity index (χ3v) is 8.59. The summed E-state index contributed by atoms with van der Waals surface area (Å²) in [4.78, 5) is 13.0. The molecular formula is C32H32BrN3O6S. The van der Waals surface area contributed by atoms with Crippen LogP contribution in [0.1, 0.15) is 23.6 Å². The Morgan fingerprint density at radius 1 is 0.977 bits per heavy atom. The standard InChI is InChI=1S/C32H32BrN3O6S/c1-4-41-27-16-14-26(15-17-27)36(43(38,39)28-8-6-5-7-9-28)21-31(37)35-34-20-25-18-29(33)32(30(19-25)40-3)42-22-24-12-10-23(2)11-13-24/h5-20H,4,21-22H2,1-3H3,(H,35,37)/b34-20+. The molecule has 0 unspecified atom stereocenters. The average Bonchev–Trinajstić information content (AvgIpc) is 3.01. The average molecular weight is 667 g/mol. The Bertz CT molecular complexity index is 1660. The molecule has 11 heteroatoms. The zero-order chi connectivity index (χ0) is 30.8. The highest BCUT2D eigenvalue weighted by molar-refractivity contribution is 9.10. The van der Waals surface area contributed by atoms with Crippen molar-refractivity contribution in [2.24, 2.45) is 5.10 Å². The highest BCUT2D eigenvalue weighted by Crippen LogP contribution is 2.37.